The Morgan fingerprint density at radius 3 is 3.08 bits per heavy atom. The second kappa shape index (κ2) is 7.77. The van der Waals surface area contributed by atoms with Crippen molar-refractivity contribution in [3.05, 3.63) is 35.1 Å². The van der Waals surface area contributed by atoms with Gasteiger partial charge in [0.1, 0.15) is 0 Å². The number of aromatic nitrogens is 3. The minimum absolute atomic E-state index is 0.196. The average Bonchev–Trinajstić information content (AvgIpc) is 3.21. The molecule has 0 N–H and O–H groups in total. The molecular formula is C17H20ClN3O3. The number of halogens is 1. The SMILES string of the molecule is Cn1nc(CCC(=O)OCC2CCOC2)cc1-c1ccc(Cl)cn1. The van der Waals surface area contributed by atoms with Crippen molar-refractivity contribution >= 4 is 17.6 Å². The number of carbonyl (C=O) groups excluding carboxylic acids is 1. The second-order valence-corrected chi connectivity index (χ2v) is 6.36. The number of aryl methyl sites for hydroxylation is 2. The maximum absolute atomic E-state index is 11.8. The Morgan fingerprint density at radius 2 is 2.38 bits per heavy atom. The molecule has 2 aromatic rings. The molecule has 1 aliphatic rings. The van der Waals surface area contributed by atoms with Gasteiger partial charge in [-0.2, -0.15) is 5.10 Å². The molecule has 0 bridgehead atoms. The van der Waals surface area contributed by atoms with Gasteiger partial charge in [-0.1, -0.05) is 11.6 Å². The van der Waals surface area contributed by atoms with E-state index in [2.05, 4.69) is 10.1 Å². The molecule has 0 aliphatic carbocycles. The summed E-state index contributed by atoms with van der Waals surface area (Å²) in [5, 5.41) is 5.03. The molecule has 0 saturated carbocycles. The first-order valence-electron chi connectivity index (χ1n) is 8.00. The second-order valence-electron chi connectivity index (χ2n) is 5.92. The lowest BCUT2D eigenvalue weighted by Crippen LogP contribution is -2.14. The maximum Gasteiger partial charge on any atom is 0.306 e. The Morgan fingerprint density at radius 1 is 1.50 bits per heavy atom. The normalized spacial score (nSPS) is 17.2. The molecule has 7 heteroatoms. The van der Waals surface area contributed by atoms with E-state index < -0.39 is 0 Å². The van der Waals surface area contributed by atoms with Crippen molar-refractivity contribution in [3.8, 4) is 11.4 Å². The van der Waals surface area contributed by atoms with Crippen LogP contribution in [0.25, 0.3) is 11.4 Å². The third-order valence-electron chi connectivity index (χ3n) is 4.01. The highest BCUT2D eigenvalue weighted by Gasteiger charge is 2.18. The van der Waals surface area contributed by atoms with E-state index in [0.717, 1.165) is 30.1 Å². The van der Waals surface area contributed by atoms with Crippen LogP contribution in [0.15, 0.2) is 24.4 Å². The lowest BCUT2D eigenvalue weighted by molar-refractivity contribution is -0.145. The quantitative estimate of drug-likeness (QED) is 0.750. The summed E-state index contributed by atoms with van der Waals surface area (Å²) >= 11 is 5.86. The monoisotopic (exact) mass is 349 g/mol. The lowest BCUT2D eigenvalue weighted by Gasteiger charge is -2.08. The molecule has 2 aromatic heterocycles. The molecule has 0 spiro atoms. The van der Waals surface area contributed by atoms with Crippen LogP contribution in [0.4, 0.5) is 0 Å². The molecule has 3 heterocycles. The van der Waals surface area contributed by atoms with Crippen molar-refractivity contribution < 1.29 is 14.3 Å². The Balaban J connectivity index is 1.53. The highest BCUT2D eigenvalue weighted by molar-refractivity contribution is 6.30. The molecule has 3 rings (SSSR count). The molecule has 24 heavy (non-hydrogen) atoms. The lowest BCUT2D eigenvalue weighted by atomic mass is 10.1. The van der Waals surface area contributed by atoms with Crippen LogP contribution in [0.1, 0.15) is 18.5 Å². The van der Waals surface area contributed by atoms with E-state index in [1.54, 1.807) is 16.9 Å². The van der Waals surface area contributed by atoms with Crippen LogP contribution in [0, 0.1) is 5.92 Å². The predicted molar refractivity (Wildman–Crippen MR) is 89.7 cm³/mol. The van der Waals surface area contributed by atoms with Crippen molar-refractivity contribution in [1.82, 2.24) is 14.8 Å². The number of nitrogens with zero attached hydrogens (tertiary/aromatic N) is 3. The predicted octanol–water partition coefficient (Wildman–Crippen LogP) is 2.65. The zero-order valence-corrected chi connectivity index (χ0v) is 14.3. The number of hydrogen-bond donors (Lipinski definition) is 0. The average molecular weight is 350 g/mol. The van der Waals surface area contributed by atoms with Crippen molar-refractivity contribution in [2.75, 3.05) is 19.8 Å². The van der Waals surface area contributed by atoms with E-state index in [0.29, 0.717) is 37.0 Å². The highest BCUT2D eigenvalue weighted by atomic mass is 35.5. The third-order valence-corrected chi connectivity index (χ3v) is 4.23. The van der Waals surface area contributed by atoms with Crippen LogP contribution >= 0.6 is 11.6 Å². The molecule has 1 aliphatic heterocycles. The zero-order valence-electron chi connectivity index (χ0n) is 13.6. The zero-order chi connectivity index (χ0) is 16.9. The fraction of sp³-hybridized carbons (Fsp3) is 0.471. The first kappa shape index (κ1) is 16.9. The van der Waals surface area contributed by atoms with E-state index in [-0.39, 0.29) is 5.97 Å². The smallest absolute Gasteiger partial charge is 0.306 e. The van der Waals surface area contributed by atoms with Crippen LogP contribution in [0.2, 0.25) is 5.02 Å². The Hall–Kier alpha value is -1.92. The molecule has 1 saturated heterocycles. The number of hydrogen-bond acceptors (Lipinski definition) is 5. The number of carbonyl (C=O) groups is 1. The van der Waals surface area contributed by atoms with Gasteiger partial charge in [-0.3, -0.25) is 14.5 Å². The van der Waals surface area contributed by atoms with Crippen LogP contribution in [0.3, 0.4) is 0 Å². The fourth-order valence-corrected chi connectivity index (χ4v) is 2.76. The summed E-state index contributed by atoms with van der Waals surface area (Å²) in [5.41, 5.74) is 2.52. The van der Waals surface area contributed by atoms with Gasteiger partial charge in [0.15, 0.2) is 0 Å². The van der Waals surface area contributed by atoms with Gasteiger partial charge in [0, 0.05) is 32.2 Å². The molecule has 128 valence electrons. The number of ether oxygens (including phenoxy) is 2. The van der Waals surface area contributed by atoms with Gasteiger partial charge in [0.05, 0.1) is 41.7 Å². The maximum atomic E-state index is 11.8. The van der Waals surface area contributed by atoms with E-state index in [4.69, 9.17) is 21.1 Å². The molecule has 0 radical (unpaired) electrons. The van der Waals surface area contributed by atoms with Crippen LogP contribution in [-0.4, -0.2) is 40.6 Å². The van der Waals surface area contributed by atoms with Crippen LogP contribution in [0.5, 0.6) is 0 Å². The summed E-state index contributed by atoms with van der Waals surface area (Å²) < 4.78 is 12.3. The van der Waals surface area contributed by atoms with E-state index >= 15 is 0 Å². The Bertz CT molecular complexity index is 694. The standard InChI is InChI=1S/C17H20ClN3O3/c1-21-16(15-4-2-13(18)9-19-15)8-14(20-21)3-5-17(22)24-11-12-6-7-23-10-12/h2,4,8-9,12H,3,5-7,10-11H2,1H3. The minimum Gasteiger partial charge on any atom is -0.465 e. The van der Waals surface area contributed by atoms with Gasteiger partial charge < -0.3 is 9.47 Å². The van der Waals surface area contributed by atoms with Crippen molar-refractivity contribution in [2.24, 2.45) is 13.0 Å². The first-order valence-corrected chi connectivity index (χ1v) is 8.38. The van der Waals surface area contributed by atoms with Gasteiger partial charge in [-0.25, -0.2) is 0 Å². The molecule has 1 fully saturated rings. The topological polar surface area (TPSA) is 66.2 Å². The Kier molecular flexibility index (Phi) is 5.48. The summed E-state index contributed by atoms with van der Waals surface area (Å²) in [4.78, 5) is 16.1. The molecule has 1 unspecified atom stereocenters. The number of pyridine rings is 1. The highest BCUT2D eigenvalue weighted by Crippen LogP contribution is 2.20. The van der Waals surface area contributed by atoms with Crippen LogP contribution < -0.4 is 0 Å². The molecular weight excluding hydrogens is 330 g/mol. The van der Waals surface area contributed by atoms with Crippen LogP contribution in [-0.2, 0) is 27.7 Å². The molecule has 0 amide bonds. The van der Waals surface area contributed by atoms with Gasteiger partial charge in [-0.05, 0) is 24.6 Å². The van der Waals surface area contributed by atoms with E-state index in [1.807, 2.05) is 19.2 Å². The largest absolute Gasteiger partial charge is 0.465 e. The van der Waals surface area contributed by atoms with E-state index in [1.165, 1.54) is 0 Å². The number of rotatable bonds is 6. The van der Waals surface area contributed by atoms with E-state index in [9.17, 15) is 4.79 Å². The minimum atomic E-state index is -0.196. The molecule has 6 nitrogen and oxygen atoms in total. The van der Waals surface area contributed by atoms with Gasteiger partial charge in [0.25, 0.3) is 0 Å². The summed E-state index contributed by atoms with van der Waals surface area (Å²) in [7, 11) is 1.85. The summed E-state index contributed by atoms with van der Waals surface area (Å²) in [6.07, 6.45) is 3.43. The summed E-state index contributed by atoms with van der Waals surface area (Å²) in [6, 6.07) is 5.58. The molecule has 1 atom stereocenters. The number of esters is 1. The summed E-state index contributed by atoms with van der Waals surface area (Å²) in [6.45, 7) is 1.89. The van der Waals surface area contributed by atoms with Crippen molar-refractivity contribution in [3.63, 3.8) is 0 Å². The van der Waals surface area contributed by atoms with Gasteiger partial charge >= 0.3 is 5.97 Å². The van der Waals surface area contributed by atoms with Gasteiger partial charge in [0.2, 0.25) is 0 Å². The third kappa shape index (κ3) is 4.33. The Labute approximate surface area is 145 Å². The summed E-state index contributed by atoms with van der Waals surface area (Å²) in [5.74, 6) is 0.144. The van der Waals surface area contributed by atoms with Crippen molar-refractivity contribution in [1.29, 1.82) is 0 Å². The van der Waals surface area contributed by atoms with Crippen molar-refractivity contribution in [2.45, 2.75) is 19.3 Å². The first-order chi connectivity index (χ1) is 11.6. The fourth-order valence-electron chi connectivity index (χ4n) is 2.64. The molecule has 0 aromatic carbocycles. The van der Waals surface area contributed by atoms with Gasteiger partial charge in [-0.15, -0.1) is 0 Å².